The fourth-order valence-corrected chi connectivity index (χ4v) is 3.19. The Kier molecular flexibility index (Phi) is 4.63. The predicted molar refractivity (Wildman–Crippen MR) is 104 cm³/mol. The number of hydrogen-bond donors (Lipinski definition) is 3. The molecule has 0 fully saturated rings. The van der Waals surface area contributed by atoms with Crippen molar-refractivity contribution in [1.29, 1.82) is 5.26 Å². The van der Waals surface area contributed by atoms with Crippen LogP contribution in [-0.4, -0.2) is 22.5 Å². The van der Waals surface area contributed by atoms with Gasteiger partial charge in [-0.15, -0.1) is 0 Å². The Hall–Kier alpha value is -4.25. The molecule has 1 atom stereocenters. The van der Waals surface area contributed by atoms with E-state index < -0.39 is 11.8 Å². The van der Waals surface area contributed by atoms with Crippen molar-refractivity contribution >= 4 is 5.91 Å². The van der Waals surface area contributed by atoms with Gasteiger partial charge in [0.15, 0.2) is 6.61 Å². The van der Waals surface area contributed by atoms with Crippen LogP contribution < -0.4 is 20.9 Å². The Bertz CT molecular complexity index is 1130. The van der Waals surface area contributed by atoms with Crippen LogP contribution in [0.3, 0.4) is 0 Å². The molecule has 0 aliphatic carbocycles. The molecule has 29 heavy (non-hydrogen) atoms. The zero-order valence-electron chi connectivity index (χ0n) is 15.3. The number of nitrogens with one attached hydrogen (secondary N) is 1. The van der Waals surface area contributed by atoms with Gasteiger partial charge in [0.2, 0.25) is 11.8 Å². The van der Waals surface area contributed by atoms with Crippen LogP contribution in [0.1, 0.15) is 17.2 Å². The van der Waals surface area contributed by atoms with Crippen LogP contribution in [0.15, 0.2) is 66.1 Å². The third-order valence-electron chi connectivity index (χ3n) is 4.51. The maximum absolute atomic E-state index is 10.9. The zero-order valence-corrected chi connectivity index (χ0v) is 15.3. The summed E-state index contributed by atoms with van der Waals surface area (Å²) < 4.78 is 10.9. The molecule has 1 aliphatic rings. The number of carbonyl (C=O) groups excluding carboxylic acids is 1. The SMILES string of the molecule is N#CC1=C(N)Oc2nc(-c3ccccc3)[nH]c2[C@H]1c1ccc(OCC(N)=O)cc1. The second kappa shape index (κ2) is 7.40. The fourth-order valence-electron chi connectivity index (χ4n) is 3.19. The molecule has 0 radical (unpaired) electrons. The number of aromatic nitrogens is 2. The first kappa shape index (κ1) is 18.1. The number of carbonyl (C=O) groups is 1. The molecule has 2 aromatic carbocycles. The van der Waals surface area contributed by atoms with Crippen molar-refractivity contribution in [2.24, 2.45) is 11.5 Å². The monoisotopic (exact) mass is 387 g/mol. The fraction of sp³-hybridized carbons (Fsp3) is 0.0952. The number of H-pyrrole nitrogens is 1. The number of amides is 1. The third kappa shape index (κ3) is 3.49. The van der Waals surface area contributed by atoms with Crippen LogP contribution in [0.2, 0.25) is 0 Å². The summed E-state index contributed by atoms with van der Waals surface area (Å²) in [7, 11) is 0. The topological polar surface area (TPSA) is 140 Å². The molecular weight excluding hydrogens is 370 g/mol. The number of imidazole rings is 1. The van der Waals surface area contributed by atoms with E-state index in [-0.39, 0.29) is 18.1 Å². The quantitative estimate of drug-likeness (QED) is 0.613. The summed E-state index contributed by atoms with van der Waals surface area (Å²) in [4.78, 5) is 18.7. The van der Waals surface area contributed by atoms with Crippen LogP contribution in [0.25, 0.3) is 11.4 Å². The van der Waals surface area contributed by atoms with E-state index in [1.165, 1.54) is 0 Å². The van der Waals surface area contributed by atoms with Gasteiger partial charge in [-0.1, -0.05) is 42.5 Å². The lowest BCUT2D eigenvalue weighted by atomic mass is 9.88. The Balaban J connectivity index is 1.73. The highest BCUT2D eigenvalue weighted by atomic mass is 16.5. The molecule has 1 amide bonds. The highest BCUT2D eigenvalue weighted by molar-refractivity contribution is 5.75. The van der Waals surface area contributed by atoms with E-state index in [1.807, 2.05) is 30.3 Å². The van der Waals surface area contributed by atoms with Gasteiger partial charge in [-0.25, -0.2) is 0 Å². The Morgan fingerprint density at radius 3 is 2.59 bits per heavy atom. The number of rotatable bonds is 5. The van der Waals surface area contributed by atoms with Gasteiger partial charge in [0.1, 0.15) is 23.2 Å². The Morgan fingerprint density at radius 2 is 1.93 bits per heavy atom. The largest absolute Gasteiger partial charge is 0.484 e. The van der Waals surface area contributed by atoms with Crippen molar-refractivity contribution in [3.63, 3.8) is 0 Å². The number of primary amides is 1. The standard InChI is InChI=1S/C21H17N5O3/c22-10-15-17(12-6-8-14(9-7-12)28-11-16(23)27)18-21(29-19(15)24)26-20(25-18)13-4-2-1-3-5-13/h1-9,17H,11,24H2,(H2,23,27)(H,25,26)/t17-/m0/s1. The molecular formula is C21H17N5O3. The van der Waals surface area contributed by atoms with Crippen molar-refractivity contribution in [3.05, 3.63) is 77.3 Å². The van der Waals surface area contributed by atoms with Crippen molar-refractivity contribution in [2.75, 3.05) is 6.61 Å². The van der Waals surface area contributed by atoms with Crippen molar-refractivity contribution in [2.45, 2.75) is 5.92 Å². The van der Waals surface area contributed by atoms with Gasteiger partial charge in [-0.3, -0.25) is 4.79 Å². The molecule has 2 heterocycles. The van der Waals surface area contributed by atoms with E-state index in [2.05, 4.69) is 16.0 Å². The van der Waals surface area contributed by atoms with Gasteiger partial charge in [0, 0.05) is 5.56 Å². The van der Waals surface area contributed by atoms with Crippen LogP contribution in [0.4, 0.5) is 0 Å². The van der Waals surface area contributed by atoms with Crippen LogP contribution in [0, 0.1) is 11.3 Å². The molecule has 8 heteroatoms. The second-order valence-corrected chi connectivity index (χ2v) is 6.42. The lowest BCUT2D eigenvalue weighted by Crippen LogP contribution is -2.21. The molecule has 0 saturated carbocycles. The number of nitrogens with zero attached hydrogens (tertiary/aromatic N) is 2. The molecule has 0 saturated heterocycles. The van der Waals surface area contributed by atoms with E-state index >= 15 is 0 Å². The van der Waals surface area contributed by atoms with Gasteiger partial charge in [0.05, 0.1) is 11.6 Å². The number of benzene rings is 2. The second-order valence-electron chi connectivity index (χ2n) is 6.42. The van der Waals surface area contributed by atoms with E-state index in [0.29, 0.717) is 23.1 Å². The van der Waals surface area contributed by atoms with E-state index in [1.54, 1.807) is 24.3 Å². The minimum absolute atomic E-state index is 0.0187. The molecule has 3 aromatic rings. The molecule has 144 valence electrons. The summed E-state index contributed by atoms with van der Waals surface area (Å²) in [6, 6.07) is 18.7. The summed E-state index contributed by atoms with van der Waals surface area (Å²) in [5.74, 6) is 0.430. The summed E-state index contributed by atoms with van der Waals surface area (Å²) >= 11 is 0. The Morgan fingerprint density at radius 1 is 1.21 bits per heavy atom. The maximum atomic E-state index is 10.9. The van der Waals surface area contributed by atoms with Crippen molar-refractivity contribution in [3.8, 4) is 29.1 Å². The molecule has 1 aromatic heterocycles. The van der Waals surface area contributed by atoms with Crippen molar-refractivity contribution in [1.82, 2.24) is 9.97 Å². The van der Waals surface area contributed by atoms with Crippen LogP contribution in [-0.2, 0) is 4.79 Å². The molecule has 4 rings (SSSR count). The minimum Gasteiger partial charge on any atom is -0.484 e. The first-order valence-electron chi connectivity index (χ1n) is 8.80. The summed E-state index contributed by atoms with van der Waals surface area (Å²) in [5.41, 5.74) is 13.7. The molecule has 0 spiro atoms. The van der Waals surface area contributed by atoms with Gasteiger partial charge in [-0.2, -0.15) is 10.2 Å². The highest BCUT2D eigenvalue weighted by Gasteiger charge is 2.33. The van der Waals surface area contributed by atoms with E-state index in [9.17, 15) is 10.1 Å². The number of fused-ring (bicyclic) bond motifs is 1. The summed E-state index contributed by atoms with van der Waals surface area (Å²) in [6.45, 7) is -0.210. The number of nitriles is 1. The van der Waals surface area contributed by atoms with E-state index in [4.69, 9.17) is 20.9 Å². The van der Waals surface area contributed by atoms with Gasteiger partial charge in [0.25, 0.3) is 5.91 Å². The smallest absolute Gasteiger partial charge is 0.255 e. The Labute approximate surface area is 166 Å². The zero-order chi connectivity index (χ0) is 20.4. The number of hydrogen-bond acceptors (Lipinski definition) is 6. The molecule has 5 N–H and O–H groups in total. The van der Waals surface area contributed by atoms with Crippen molar-refractivity contribution < 1.29 is 14.3 Å². The van der Waals surface area contributed by atoms with E-state index in [0.717, 1.165) is 11.1 Å². The van der Waals surface area contributed by atoms with Crippen LogP contribution in [0.5, 0.6) is 11.6 Å². The summed E-state index contributed by atoms with van der Waals surface area (Å²) in [6.07, 6.45) is 0. The number of aromatic amines is 1. The highest BCUT2D eigenvalue weighted by Crippen LogP contribution is 2.42. The third-order valence-corrected chi connectivity index (χ3v) is 4.51. The minimum atomic E-state index is -0.559. The summed E-state index contributed by atoms with van der Waals surface area (Å²) in [5, 5.41) is 9.66. The first-order chi connectivity index (χ1) is 14.1. The lowest BCUT2D eigenvalue weighted by molar-refractivity contribution is -0.119. The predicted octanol–water partition coefficient (Wildman–Crippen LogP) is 2.16. The van der Waals surface area contributed by atoms with Crippen LogP contribution >= 0.6 is 0 Å². The molecule has 0 unspecified atom stereocenters. The average molecular weight is 387 g/mol. The number of nitrogens with two attached hydrogens (primary N) is 2. The first-order valence-corrected chi connectivity index (χ1v) is 8.80. The van der Waals surface area contributed by atoms with Gasteiger partial charge < -0.3 is 25.9 Å². The maximum Gasteiger partial charge on any atom is 0.255 e. The molecule has 8 nitrogen and oxygen atoms in total. The number of allylic oxidation sites excluding steroid dienone is 1. The number of ether oxygens (including phenoxy) is 2. The molecule has 0 bridgehead atoms. The average Bonchev–Trinajstić information content (AvgIpc) is 3.16. The lowest BCUT2D eigenvalue weighted by Gasteiger charge is -2.22. The van der Waals surface area contributed by atoms with Gasteiger partial charge >= 0.3 is 0 Å². The molecule has 1 aliphatic heterocycles. The van der Waals surface area contributed by atoms with Gasteiger partial charge in [-0.05, 0) is 17.7 Å². The normalized spacial score (nSPS) is 15.2.